The van der Waals surface area contributed by atoms with Gasteiger partial charge in [0, 0.05) is 12.3 Å². The predicted octanol–water partition coefficient (Wildman–Crippen LogP) is 2.94. The lowest BCUT2D eigenvalue weighted by molar-refractivity contribution is -0.135. The molecule has 6 nitrogen and oxygen atoms in total. The van der Waals surface area contributed by atoms with Crippen LogP contribution in [0.15, 0.2) is 35.5 Å². The van der Waals surface area contributed by atoms with Crippen LogP contribution in [0, 0.1) is 0 Å². The number of carbonyl (C=O) groups is 1. The molecule has 4 rings (SSSR count). The van der Waals surface area contributed by atoms with E-state index in [0.717, 1.165) is 29.1 Å². The quantitative estimate of drug-likeness (QED) is 0.936. The molecule has 0 spiro atoms. The maximum absolute atomic E-state index is 12.5. The van der Waals surface area contributed by atoms with Crippen molar-refractivity contribution in [2.75, 3.05) is 5.32 Å². The first-order chi connectivity index (χ1) is 11.1. The Balaban J connectivity index is 1.44. The number of nitrogens with zero attached hydrogens (tertiary/aromatic N) is 3. The van der Waals surface area contributed by atoms with Crippen LogP contribution in [0.25, 0.3) is 0 Å². The zero-order valence-corrected chi connectivity index (χ0v) is 13.5. The number of hydrogen-bond donors (Lipinski definition) is 1. The van der Waals surface area contributed by atoms with Gasteiger partial charge in [-0.15, -0.1) is 10.2 Å². The van der Waals surface area contributed by atoms with Crippen LogP contribution in [0.2, 0.25) is 0 Å². The van der Waals surface area contributed by atoms with E-state index in [1.807, 2.05) is 30.3 Å². The maximum Gasteiger partial charge on any atom is 0.273 e. The van der Waals surface area contributed by atoms with E-state index in [-0.39, 0.29) is 5.91 Å². The molecule has 1 saturated carbocycles. The highest BCUT2D eigenvalue weighted by Crippen LogP contribution is 2.42. The summed E-state index contributed by atoms with van der Waals surface area (Å²) >= 11 is 1.44. The van der Waals surface area contributed by atoms with E-state index in [1.54, 1.807) is 6.92 Å². The fraction of sp³-hybridized carbons (Fsp3) is 0.375. The van der Waals surface area contributed by atoms with Gasteiger partial charge in [-0.05, 0) is 25.3 Å². The summed E-state index contributed by atoms with van der Waals surface area (Å²) in [6.07, 6.45) is 2.76. The largest absolute Gasteiger partial charge is 0.379 e. The fourth-order valence-corrected chi connectivity index (χ4v) is 3.36. The summed E-state index contributed by atoms with van der Waals surface area (Å²) < 4.78 is 0. The Kier molecular flexibility index (Phi) is 3.37. The number of benzene rings is 1. The zero-order valence-electron chi connectivity index (χ0n) is 12.7. The third-order valence-electron chi connectivity index (χ3n) is 4.04. The second-order valence-corrected chi connectivity index (χ2v) is 7.09. The van der Waals surface area contributed by atoms with Gasteiger partial charge < -0.3 is 4.84 Å². The van der Waals surface area contributed by atoms with Gasteiger partial charge in [-0.1, -0.05) is 46.8 Å². The Labute approximate surface area is 137 Å². The smallest absolute Gasteiger partial charge is 0.273 e. The normalized spacial score (nSPS) is 23.3. The predicted molar refractivity (Wildman–Crippen MR) is 87.6 cm³/mol. The van der Waals surface area contributed by atoms with Crippen molar-refractivity contribution in [1.82, 2.24) is 10.2 Å². The molecule has 1 aromatic carbocycles. The van der Waals surface area contributed by atoms with Gasteiger partial charge in [0.05, 0.1) is 5.71 Å². The van der Waals surface area contributed by atoms with E-state index in [1.165, 1.54) is 11.3 Å². The average Bonchev–Trinajstić information content (AvgIpc) is 3.18. The molecule has 0 bridgehead atoms. The van der Waals surface area contributed by atoms with Crippen molar-refractivity contribution in [2.24, 2.45) is 5.16 Å². The Hall–Kier alpha value is -2.28. The van der Waals surface area contributed by atoms with E-state index in [2.05, 4.69) is 20.7 Å². The first-order valence-corrected chi connectivity index (χ1v) is 8.41. The number of amides is 1. The van der Waals surface area contributed by atoms with Crippen LogP contribution in [0.4, 0.5) is 5.13 Å². The van der Waals surface area contributed by atoms with Gasteiger partial charge in [-0.25, -0.2) is 0 Å². The molecule has 0 saturated heterocycles. The molecule has 118 valence electrons. The molecule has 23 heavy (non-hydrogen) atoms. The molecule has 1 aliphatic carbocycles. The Morgan fingerprint density at radius 3 is 2.83 bits per heavy atom. The SMILES string of the molecule is CC1(C(=O)Nc2nnc(C3CC3)s2)CC(c2ccccc2)=NO1. The minimum Gasteiger partial charge on any atom is -0.379 e. The molecule has 1 unspecified atom stereocenters. The summed E-state index contributed by atoms with van der Waals surface area (Å²) in [6, 6.07) is 9.73. The minimum absolute atomic E-state index is 0.245. The van der Waals surface area contributed by atoms with Crippen LogP contribution in [-0.4, -0.2) is 27.4 Å². The van der Waals surface area contributed by atoms with E-state index in [4.69, 9.17) is 4.84 Å². The van der Waals surface area contributed by atoms with Crippen LogP contribution in [0.1, 0.15) is 42.7 Å². The van der Waals surface area contributed by atoms with Gasteiger partial charge in [0.25, 0.3) is 5.91 Å². The van der Waals surface area contributed by atoms with Gasteiger partial charge in [0.1, 0.15) is 5.01 Å². The summed E-state index contributed by atoms with van der Waals surface area (Å²) in [7, 11) is 0. The van der Waals surface area contributed by atoms with Gasteiger partial charge in [-0.2, -0.15) is 0 Å². The van der Waals surface area contributed by atoms with Gasteiger partial charge in [0.15, 0.2) is 0 Å². The van der Waals surface area contributed by atoms with Crippen LogP contribution in [-0.2, 0) is 9.63 Å². The Morgan fingerprint density at radius 1 is 1.30 bits per heavy atom. The number of rotatable bonds is 4. The maximum atomic E-state index is 12.5. The summed E-state index contributed by atoms with van der Waals surface area (Å²) in [6.45, 7) is 1.74. The number of anilines is 1. The topological polar surface area (TPSA) is 76.5 Å². The summed E-state index contributed by atoms with van der Waals surface area (Å²) in [5.41, 5.74) is 0.728. The van der Waals surface area contributed by atoms with Crippen LogP contribution in [0.3, 0.4) is 0 Å². The molecule has 1 atom stereocenters. The standard InChI is InChI=1S/C16H16N4O2S/c1-16(9-12(20-22-16)10-5-3-2-4-6-10)14(21)17-15-19-18-13(23-15)11-7-8-11/h2-6,11H,7-9H2,1H3,(H,17,19,21). The molecule has 2 aromatic rings. The third kappa shape index (κ3) is 2.84. The number of aromatic nitrogens is 2. The number of carbonyl (C=O) groups excluding carboxylic acids is 1. The fourth-order valence-electron chi connectivity index (χ4n) is 2.46. The number of oxime groups is 1. The first-order valence-electron chi connectivity index (χ1n) is 7.59. The summed E-state index contributed by atoms with van der Waals surface area (Å²) in [5.74, 6) is 0.287. The second kappa shape index (κ2) is 5.42. The molecule has 1 fully saturated rings. The van der Waals surface area contributed by atoms with Gasteiger partial charge in [0.2, 0.25) is 10.7 Å². The number of nitrogens with one attached hydrogen (secondary N) is 1. The molecule has 2 heterocycles. The van der Waals surface area contributed by atoms with Crippen molar-refractivity contribution in [3.63, 3.8) is 0 Å². The molecule has 2 aliphatic rings. The highest BCUT2D eigenvalue weighted by molar-refractivity contribution is 7.15. The summed E-state index contributed by atoms with van der Waals surface area (Å²) in [4.78, 5) is 18.0. The summed E-state index contributed by atoms with van der Waals surface area (Å²) in [5, 5.41) is 16.6. The van der Waals surface area contributed by atoms with E-state index >= 15 is 0 Å². The molecule has 1 amide bonds. The molecular formula is C16H16N4O2S. The van der Waals surface area contributed by atoms with Crippen molar-refractivity contribution < 1.29 is 9.63 Å². The lowest BCUT2D eigenvalue weighted by atomic mass is 9.95. The Morgan fingerprint density at radius 2 is 2.09 bits per heavy atom. The molecule has 7 heteroatoms. The third-order valence-corrected chi connectivity index (χ3v) is 5.04. The van der Waals surface area contributed by atoms with Crippen molar-refractivity contribution in [3.8, 4) is 0 Å². The van der Waals surface area contributed by atoms with Crippen molar-refractivity contribution >= 4 is 28.1 Å². The molecular weight excluding hydrogens is 312 g/mol. The molecule has 0 radical (unpaired) electrons. The first kappa shape index (κ1) is 14.3. The highest BCUT2D eigenvalue weighted by Gasteiger charge is 2.42. The van der Waals surface area contributed by atoms with E-state index in [9.17, 15) is 4.79 Å². The van der Waals surface area contributed by atoms with E-state index in [0.29, 0.717) is 17.5 Å². The van der Waals surface area contributed by atoms with Crippen LogP contribution in [0.5, 0.6) is 0 Å². The van der Waals surface area contributed by atoms with Gasteiger partial charge in [-0.3, -0.25) is 10.1 Å². The second-order valence-electron chi connectivity index (χ2n) is 6.08. The highest BCUT2D eigenvalue weighted by atomic mass is 32.1. The van der Waals surface area contributed by atoms with E-state index < -0.39 is 5.60 Å². The zero-order chi connectivity index (χ0) is 15.9. The monoisotopic (exact) mass is 328 g/mol. The Bertz CT molecular complexity index is 769. The minimum atomic E-state index is -1.02. The lowest BCUT2D eigenvalue weighted by Gasteiger charge is -2.19. The van der Waals surface area contributed by atoms with Crippen molar-refractivity contribution in [2.45, 2.75) is 37.7 Å². The van der Waals surface area contributed by atoms with Crippen molar-refractivity contribution in [3.05, 3.63) is 40.9 Å². The number of hydrogen-bond acceptors (Lipinski definition) is 6. The lowest BCUT2D eigenvalue weighted by Crippen LogP contribution is -2.40. The van der Waals surface area contributed by atoms with Crippen LogP contribution >= 0.6 is 11.3 Å². The van der Waals surface area contributed by atoms with Gasteiger partial charge >= 0.3 is 0 Å². The molecule has 1 aliphatic heterocycles. The molecule has 1 aromatic heterocycles. The van der Waals surface area contributed by atoms with Crippen LogP contribution < -0.4 is 5.32 Å². The molecule has 1 N–H and O–H groups in total. The average molecular weight is 328 g/mol. The van der Waals surface area contributed by atoms with Crippen molar-refractivity contribution in [1.29, 1.82) is 0 Å².